The highest BCUT2D eigenvalue weighted by Gasteiger charge is 2.42. The van der Waals surface area contributed by atoms with Crippen molar-refractivity contribution in [2.75, 3.05) is 26.3 Å². The molecule has 3 heterocycles. The van der Waals surface area contributed by atoms with Crippen molar-refractivity contribution in [1.82, 2.24) is 25.0 Å². The van der Waals surface area contributed by atoms with Gasteiger partial charge in [0.1, 0.15) is 17.8 Å². The molecule has 2 aliphatic rings. The molecule has 1 unspecified atom stereocenters. The monoisotopic (exact) mass is 647 g/mol. The predicted molar refractivity (Wildman–Crippen MR) is 189 cm³/mol. The standard InChI is InChI=1S/C20H34N2O2.C18H23N3O2/c1-8-16(4)13-17(12-15(2)3)21-14-18-10-9-11-22(18)19(23)24-20(5,6)7;1-4-13-6-7-14(8-15(13)16(22)5-2)18(10-23-11-18)9-17-20-19-12-21(17)3/h8,12-13,18,21H,9-11,14H2,1-7H3;6-8,12H,4-5,9-11H2,1-3H3/b16-8-,17-13+;. The zero-order valence-electron chi connectivity index (χ0n) is 30.4. The Hall–Kier alpha value is -3.72. The lowest BCUT2D eigenvalue weighted by atomic mass is 9.74. The van der Waals surface area contributed by atoms with Crippen LogP contribution in [0.25, 0.3) is 0 Å². The number of nitrogens with zero attached hydrogens (tertiary/aromatic N) is 4. The van der Waals surface area contributed by atoms with Crippen LogP contribution in [0.1, 0.15) is 109 Å². The molecular weight excluding hydrogens is 590 g/mol. The second-order valence-electron chi connectivity index (χ2n) is 14.0. The third-order valence-corrected chi connectivity index (χ3v) is 8.61. The summed E-state index contributed by atoms with van der Waals surface area (Å²) in [4.78, 5) is 26.5. The van der Waals surface area contributed by atoms with Crippen molar-refractivity contribution in [1.29, 1.82) is 0 Å². The minimum atomic E-state index is -0.451. The summed E-state index contributed by atoms with van der Waals surface area (Å²) >= 11 is 0. The summed E-state index contributed by atoms with van der Waals surface area (Å²) in [5, 5.41) is 11.7. The van der Waals surface area contributed by atoms with Crippen LogP contribution in [0.15, 0.2) is 59.6 Å². The van der Waals surface area contributed by atoms with Crippen LogP contribution in [0.4, 0.5) is 4.79 Å². The SMILES string of the molecule is C/C=C(C)\C=C(/C=C(C)C)NCC1CCCN1C(=O)OC(C)(C)C.CCC(=O)c1cc(C2(Cc3nncn3C)COC2)ccc1CC. The number of likely N-dealkylation sites (tertiary alicyclic amines) is 1. The number of aryl methyl sites for hydroxylation is 2. The van der Waals surface area contributed by atoms with Crippen molar-refractivity contribution in [3.05, 3.63) is 82.1 Å². The molecule has 0 bridgehead atoms. The number of nitrogens with one attached hydrogen (secondary N) is 1. The number of ketones is 1. The molecule has 1 aromatic carbocycles. The summed E-state index contributed by atoms with van der Waals surface area (Å²) in [6, 6.07) is 6.49. The van der Waals surface area contributed by atoms with Gasteiger partial charge in [-0.3, -0.25) is 4.79 Å². The van der Waals surface area contributed by atoms with Crippen molar-refractivity contribution < 1.29 is 19.1 Å². The first-order valence-corrected chi connectivity index (χ1v) is 17.0. The Bertz CT molecular complexity index is 1450. The average Bonchev–Trinajstić information content (AvgIpc) is 3.64. The van der Waals surface area contributed by atoms with Gasteiger partial charge in [0.2, 0.25) is 0 Å². The molecule has 47 heavy (non-hydrogen) atoms. The summed E-state index contributed by atoms with van der Waals surface area (Å²) in [6.07, 6.45) is 12.1. The fourth-order valence-corrected chi connectivity index (χ4v) is 5.78. The average molecular weight is 648 g/mol. The summed E-state index contributed by atoms with van der Waals surface area (Å²) in [6.45, 7) is 20.8. The van der Waals surface area contributed by atoms with Gasteiger partial charge in [-0.25, -0.2) is 4.79 Å². The summed E-state index contributed by atoms with van der Waals surface area (Å²) in [5.41, 5.74) is 6.14. The Morgan fingerprint density at radius 2 is 1.87 bits per heavy atom. The van der Waals surface area contributed by atoms with Crippen molar-refractivity contribution >= 4 is 11.9 Å². The molecule has 0 saturated carbocycles. The normalized spacial score (nSPS) is 17.7. The number of hydrogen-bond acceptors (Lipinski definition) is 7. The molecule has 1 N–H and O–H groups in total. The molecule has 0 aliphatic carbocycles. The molecule has 0 spiro atoms. The van der Waals surface area contributed by atoms with Crippen LogP contribution in [-0.4, -0.2) is 69.5 Å². The summed E-state index contributed by atoms with van der Waals surface area (Å²) < 4.78 is 13.0. The number of carbonyl (C=O) groups excluding carboxylic acids is 2. The number of hydrogen-bond donors (Lipinski definition) is 1. The maximum absolute atomic E-state index is 12.4. The number of allylic oxidation sites excluding steroid dienone is 5. The van der Waals surface area contributed by atoms with E-state index in [-0.39, 0.29) is 23.3 Å². The predicted octanol–water partition coefficient (Wildman–Crippen LogP) is 7.27. The highest BCUT2D eigenvalue weighted by molar-refractivity contribution is 5.97. The minimum absolute atomic E-state index is 0.101. The number of amides is 1. The molecule has 4 rings (SSSR count). The first-order valence-electron chi connectivity index (χ1n) is 17.0. The maximum Gasteiger partial charge on any atom is 0.410 e. The summed E-state index contributed by atoms with van der Waals surface area (Å²) in [5.74, 6) is 1.15. The van der Waals surface area contributed by atoms with Crippen molar-refractivity contribution in [2.24, 2.45) is 7.05 Å². The van der Waals surface area contributed by atoms with Gasteiger partial charge in [0.15, 0.2) is 5.78 Å². The van der Waals surface area contributed by atoms with Crippen LogP contribution in [0.3, 0.4) is 0 Å². The van der Waals surface area contributed by atoms with E-state index in [0.29, 0.717) is 19.6 Å². The van der Waals surface area contributed by atoms with E-state index >= 15 is 0 Å². The van der Waals surface area contributed by atoms with Gasteiger partial charge in [-0.15, -0.1) is 10.2 Å². The third kappa shape index (κ3) is 10.6. The van der Waals surface area contributed by atoms with E-state index in [0.717, 1.165) is 61.4 Å². The van der Waals surface area contributed by atoms with E-state index in [1.54, 1.807) is 6.33 Å². The van der Waals surface area contributed by atoms with Crippen LogP contribution in [-0.2, 0) is 34.8 Å². The van der Waals surface area contributed by atoms with E-state index in [1.165, 1.54) is 16.7 Å². The van der Waals surface area contributed by atoms with Crippen LogP contribution in [0, 0.1) is 0 Å². The number of Topliss-reactive ketones (excluding diaryl/α,β-unsaturated/α-hetero) is 1. The van der Waals surface area contributed by atoms with E-state index in [2.05, 4.69) is 79.6 Å². The van der Waals surface area contributed by atoms with Gasteiger partial charge in [-0.05, 0) is 97.1 Å². The van der Waals surface area contributed by atoms with Crippen LogP contribution in [0.5, 0.6) is 0 Å². The van der Waals surface area contributed by atoms with Gasteiger partial charge in [0, 0.05) is 49.7 Å². The molecule has 258 valence electrons. The molecule has 1 atom stereocenters. The van der Waals surface area contributed by atoms with Gasteiger partial charge < -0.3 is 24.3 Å². The van der Waals surface area contributed by atoms with Crippen molar-refractivity contribution in [3.63, 3.8) is 0 Å². The van der Waals surface area contributed by atoms with Crippen LogP contribution >= 0.6 is 0 Å². The quantitative estimate of drug-likeness (QED) is 0.202. The molecule has 2 aliphatic heterocycles. The third-order valence-electron chi connectivity index (χ3n) is 8.61. The number of ether oxygens (including phenoxy) is 2. The summed E-state index contributed by atoms with van der Waals surface area (Å²) in [7, 11) is 1.95. The second-order valence-corrected chi connectivity index (χ2v) is 14.0. The number of aromatic nitrogens is 3. The zero-order valence-corrected chi connectivity index (χ0v) is 30.4. The zero-order chi connectivity index (χ0) is 34.8. The molecule has 1 amide bonds. The smallest absolute Gasteiger partial charge is 0.410 e. The Morgan fingerprint density at radius 1 is 1.15 bits per heavy atom. The highest BCUT2D eigenvalue weighted by Crippen LogP contribution is 2.36. The lowest BCUT2D eigenvalue weighted by molar-refractivity contribution is -0.0611. The van der Waals surface area contributed by atoms with E-state index < -0.39 is 5.60 Å². The van der Waals surface area contributed by atoms with E-state index in [1.807, 2.05) is 51.1 Å². The van der Waals surface area contributed by atoms with E-state index in [9.17, 15) is 9.59 Å². The molecule has 9 heteroatoms. The maximum atomic E-state index is 12.4. The molecule has 0 radical (unpaired) electrons. The topological polar surface area (TPSA) is 98.6 Å². The highest BCUT2D eigenvalue weighted by atomic mass is 16.6. The molecule has 2 aromatic rings. The van der Waals surface area contributed by atoms with Gasteiger partial charge in [-0.2, -0.15) is 0 Å². The molecular formula is C38H57N5O4. The van der Waals surface area contributed by atoms with Crippen molar-refractivity contribution in [3.8, 4) is 0 Å². The molecule has 9 nitrogen and oxygen atoms in total. The van der Waals surface area contributed by atoms with E-state index in [4.69, 9.17) is 9.47 Å². The van der Waals surface area contributed by atoms with Gasteiger partial charge in [0.25, 0.3) is 0 Å². The Kier molecular flexibility index (Phi) is 13.6. The fraction of sp³-hybridized carbons (Fsp3) is 0.579. The Morgan fingerprint density at radius 3 is 2.40 bits per heavy atom. The second kappa shape index (κ2) is 16.9. The first-order chi connectivity index (χ1) is 22.2. The first kappa shape index (κ1) is 37.7. The van der Waals surface area contributed by atoms with Crippen molar-refractivity contribution in [2.45, 2.75) is 111 Å². The van der Waals surface area contributed by atoms with Gasteiger partial charge in [-0.1, -0.05) is 43.2 Å². The number of carbonyl (C=O) groups is 2. The number of rotatable bonds is 11. The molecule has 1 aromatic heterocycles. The Balaban J connectivity index is 0.000000255. The molecule has 2 saturated heterocycles. The lowest BCUT2D eigenvalue weighted by Gasteiger charge is -2.42. The lowest BCUT2D eigenvalue weighted by Crippen LogP contribution is -2.49. The van der Waals surface area contributed by atoms with Gasteiger partial charge in [0.05, 0.1) is 19.3 Å². The molecule has 2 fully saturated rings. The largest absolute Gasteiger partial charge is 0.444 e. The fourth-order valence-electron chi connectivity index (χ4n) is 5.78. The minimum Gasteiger partial charge on any atom is -0.444 e. The van der Waals surface area contributed by atoms with Crippen LogP contribution in [0.2, 0.25) is 0 Å². The Labute approximate surface area is 282 Å². The van der Waals surface area contributed by atoms with Gasteiger partial charge >= 0.3 is 6.09 Å². The van der Waals surface area contributed by atoms with Crippen LogP contribution < -0.4 is 5.32 Å². The number of benzene rings is 1.